The summed E-state index contributed by atoms with van der Waals surface area (Å²) in [6, 6.07) is 6.85. The number of benzene rings is 1. The number of hydrogen-bond donors (Lipinski definition) is 2. The number of urea groups is 1. The maximum Gasteiger partial charge on any atom is 0.321 e. The smallest absolute Gasteiger partial charge is 0.321 e. The number of halogens is 1. The van der Waals surface area contributed by atoms with E-state index in [9.17, 15) is 9.59 Å². The van der Waals surface area contributed by atoms with Crippen molar-refractivity contribution in [3.8, 4) is 0 Å². The van der Waals surface area contributed by atoms with Crippen molar-refractivity contribution in [1.29, 1.82) is 0 Å². The van der Waals surface area contributed by atoms with Gasteiger partial charge in [-0.15, -0.1) is 11.8 Å². The number of thioether (sulfide) groups is 1. The van der Waals surface area contributed by atoms with Crippen LogP contribution < -0.4 is 10.6 Å². The van der Waals surface area contributed by atoms with Crippen LogP contribution in [0, 0.1) is 0 Å². The molecular formula is C13H17ClN2O2S. The molecule has 104 valence electrons. The van der Waals surface area contributed by atoms with Gasteiger partial charge in [0.05, 0.1) is 10.8 Å². The molecule has 1 atom stereocenters. The van der Waals surface area contributed by atoms with Crippen molar-refractivity contribution >= 4 is 35.3 Å². The van der Waals surface area contributed by atoms with Gasteiger partial charge in [0.1, 0.15) is 0 Å². The van der Waals surface area contributed by atoms with Gasteiger partial charge in [-0.2, -0.15) is 0 Å². The van der Waals surface area contributed by atoms with E-state index in [1.54, 1.807) is 6.07 Å². The zero-order chi connectivity index (χ0) is 14.3. The first kappa shape index (κ1) is 15.9. The van der Waals surface area contributed by atoms with Gasteiger partial charge in [-0.3, -0.25) is 10.1 Å². The van der Waals surface area contributed by atoms with Crippen LogP contribution in [0.5, 0.6) is 0 Å². The predicted molar refractivity (Wildman–Crippen MR) is 78.6 cm³/mol. The molecule has 19 heavy (non-hydrogen) atoms. The fraction of sp³-hybridized carbons (Fsp3) is 0.385. The number of carbonyl (C=O) groups excluding carboxylic acids is 2. The molecule has 2 N–H and O–H groups in total. The number of amides is 3. The fourth-order valence-electron chi connectivity index (χ4n) is 1.23. The average molecular weight is 301 g/mol. The van der Waals surface area contributed by atoms with Gasteiger partial charge in [0, 0.05) is 10.9 Å². The molecule has 0 saturated heterocycles. The second-order valence-electron chi connectivity index (χ2n) is 4.05. The highest BCUT2D eigenvalue weighted by atomic mass is 35.5. The van der Waals surface area contributed by atoms with Crippen LogP contribution in [0.3, 0.4) is 0 Å². The molecule has 0 saturated carbocycles. The van der Waals surface area contributed by atoms with E-state index in [0.717, 1.165) is 11.3 Å². The zero-order valence-corrected chi connectivity index (χ0v) is 12.5. The average Bonchev–Trinajstić information content (AvgIpc) is 2.37. The predicted octanol–water partition coefficient (Wildman–Crippen LogP) is 3.06. The summed E-state index contributed by atoms with van der Waals surface area (Å²) in [5.74, 6) is -0.191. The van der Waals surface area contributed by atoms with Crippen LogP contribution in [-0.4, -0.2) is 23.7 Å². The Bertz CT molecular complexity index is 454. The Morgan fingerprint density at radius 2 is 2.05 bits per heavy atom. The lowest BCUT2D eigenvalue weighted by Gasteiger charge is -2.11. The van der Waals surface area contributed by atoms with Crippen LogP contribution in [0.2, 0.25) is 5.02 Å². The second kappa shape index (κ2) is 8.07. The number of carbonyl (C=O) groups is 2. The van der Waals surface area contributed by atoms with E-state index in [4.69, 9.17) is 11.6 Å². The van der Waals surface area contributed by atoms with E-state index >= 15 is 0 Å². The SMILES string of the molecule is CC[C@H](C)NC(=O)NC(=O)CSc1ccccc1Cl. The summed E-state index contributed by atoms with van der Waals surface area (Å²) >= 11 is 7.27. The molecule has 0 aliphatic carbocycles. The largest absolute Gasteiger partial charge is 0.335 e. The Hall–Kier alpha value is -1.20. The number of imide groups is 1. The molecule has 0 heterocycles. The van der Waals surface area contributed by atoms with Gasteiger partial charge in [-0.25, -0.2) is 4.79 Å². The molecular weight excluding hydrogens is 284 g/mol. The van der Waals surface area contributed by atoms with E-state index in [1.165, 1.54) is 11.8 Å². The molecule has 0 bridgehead atoms. The maximum absolute atomic E-state index is 11.6. The van der Waals surface area contributed by atoms with Gasteiger partial charge in [-0.1, -0.05) is 30.7 Å². The quantitative estimate of drug-likeness (QED) is 0.822. The van der Waals surface area contributed by atoms with E-state index in [1.807, 2.05) is 32.0 Å². The van der Waals surface area contributed by atoms with Crippen LogP contribution >= 0.6 is 23.4 Å². The summed E-state index contributed by atoms with van der Waals surface area (Å²) in [5.41, 5.74) is 0. The van der Waals surface area contributed by atoms with Crippen LogP contribution in [0.15, 0.2) is 29.2 Å². The standard InChI is InChI=1S/C13H17ClN2O2S/c1-3-9(2)15-13(18)16-12(17)8-19-11-7-5-4-6-10(11)14/h4-7,9H,3,8H2,1-2H3,(H2,15,16,17,18)/t9-/m0/s1. The van der Waals surface area contributed by atoms with Crippen molar-refractivity contribution in [1.82, 2.24) is 10.6 Å². The highest BCUT2D eigenvalue weighted by Gasteiger charge is 2.10. The number of rotatable bonds is 5. The molecule has 6 heteroatoms. The number of nitrogens with one attached hydrogen (secondary N) is 2. The van der Waals surface area contributed by atoms with Crippen molar-refractivity contribution in [3.63, 3.8) is 0 Å². The first-order valence-corrected chi connectivity index (χ1v) is 7.37. The minimum Gasteiger partial charge on any atom is -0.335 e. The molecule has 0 aromatic heterocycles. The minimum absolute atomic E-state index is 0.0454. The van der Waals surface area contributed by atoms with E-state index < -0.39 is 6.03 Å². The molecule has 0 spiro atoms. The highest BCUT2D eigenvalue weighted by Crippen LogP contribution is 2.26. The zero-order valence-electron chi connectivity index (χ0n) is 10.9. The van der Waals surface area contributed by atoms with Gasteiger partial charge in [0.15, 0.2) is 0 Å². The second-order valence-corrected chi connectivity index (χ2v) is 5.47. The molecule has 1 rings (SSSR count). The Morgan fingerprint density at radius 3 is 2.68 bits per heavy atom. The van der Waals surface area contributed by atoms with Crippen molar-refractivity contribution < 1.29 is 9.59 Å². The Labute approximate surface area is 122 Å². The Kier molecular flexibility index (Phi) is 6.73. The van der Waals surface area contributed by atoms with Gasteiger partial charge >= 0.3 is 6.03 Å². The van der Waals surface area contributed by atoms with Crippen LogP contribution in [-0.2, 0) is 4.79 Å². The van der Waals surface area contributed by atoms with Gasteiger partial charge in [0.25, 0.3) is 0 Å². The topological polar surface area (TPSA) is 58.2 Å². The van der Waals surface area contributed by atoms with Crippen LogP contribution in [0.4, 0.5) is 4.79 Å². The lowest BCUT2D eigenvalue weighted by atomic mass is 10.3. The number of hydrogen-bond acceptors (Lipinski definition) is 3. The summed E-state index contributed by atoms with van der Waals surface area (Å²) in [5, 5.41) is 5.55. The fourth-order valence-corrected chi connectivity index (χ4v) is 2.27. The van der Waals surface area contributed by atoms with Crippen molar-refractivity contribution in [2.75, 3.05) is 5.75 Å². The monoisotopic (exact) mass is 300 g/mol. The third kappa shape index (κ3) is 5.98. The lowest BCUT2D eigenvalue weighted by Crippen LogP contribution is -2.43. The first-order valence-electron chi connectivity index (χ1n) is 6.00. The molecule has 1 aromatic rings. The molecule has 0 aliphatic rings. The van der Waals surface area contributed by atoms with Gasteiger partial charge in [-0.05, 0) is 25.5 Å². The van der Waals surface area contributed by atoms with Crippen LogP contribution in [0.25, 0.3) is 0 Å². The Morgan fingerprint density at radius 1 is 1.37 bits per heavy atom. The first-order chi connectivity index (χ1) is 9.02. The molecule has 4 nitrogen and oxygen atoms in total. The van der Waals surface area contributed by atoms with Gasteiger partial charge < -0.3 is 5.32 Å². The molecule has 1 aromatic carbocycles. The summed E-state index contributed by atoms with van der Waals surface area (Å²) in [7, 11) is 0. The third-order valence-corrected chi connectivity index (χ3v) is 3.95. The van der Waals surface area contributed by atoms with Gasteiger partial charge in [0.2, 0.25) is 5.91 Å². The van der Waals surface area contributed by atoms with Crippen molar-refractivity contribution in [2.45, 2.75) is 31.2 Å². The Balaban J connectivity index is 2.36. The molecule has 0 aliphatic heterocycles. The maximum atomic E-state index is 11.6. The minimum atomic E-state index is -0.459. The summed E-state index contributed by atoms with van der Waals surface area (Å²) in [6.45, 7) is 3.84. The molecule has 0 unspecified atom stereocenters. The third-order valence-electron chi connectivity index (χ3n) is 2.44. The molecule has 0 radical (unpaired) electrons. The highest BCUT2D eigenvalue weighted by molar-refractivity contribution is 8.00. The van der Waals surface area contributed by atoms with Crippen molar-refractivity contribution in [3.05, 3.63) is 29.3 Å². The molecule has 0 fully saturated rings. The van der Waals surface area contributed by atoms with E-state index in [-0.39, 0.29) is 17.7 Å². The normalized spacial score (nSPS) is 11.7. The lowest BCUT2D eigenvalue weighted by molar-refractivity contribution is -0.117. The summed E-state index contributed by atoms with van der Waals surface area (Å²) < 4.78 is 0. The van der Waals surface area contributed by atoms with E-state index in [0.29, 0.717) is 5.02 Å². The molecule has 3 amide bonds. The summed E-state index contributed by atoms with van der Waals surface area (Å²) in [6.07, 6.45) is 0.815. The van der Waals surface area contributed by atoms with E-state index in [2.05, 4.69) is 10.6 Å². The van der Waals surface area contributed by atoms with Crippen molar-refractivity contribution in [2.24, 2.45) is 0 Å². The summed E-state index contributed by atoms with van der Waals surface area (Å²) in [4.78, 5) is 23.8. The van der Waals surface area contributed by atoms with Crippen LogP contribution in [0.1, 0.15) is 20.3 Å².